The van der Waals surface area contributed by atoms with E-state index in [1.54, 1.807) is 24.1 Å². The molecule has 2 aromatic rings. The van der Waals surface area contributed by atoms with Crippen molar-refractivity contribution < 1.29 is 4.79 Å². The third-order valence-corrected chi connectivity index (χ3v) is 3.56. The van der Waals surface area contributed by atoms with E-state index >= 15 is 0 Å². The van der Waals surface area contributed by atoms with Crippen LogP contribution in [-0.2, 0) is 6.54 Å². The summed E-state index contributed by atoms with van der Waals surface area (Å²) in [6, 6.07) is 11.3. The summed E-state index contributed by atoms with van der Waals surface area (Å²) in [5.74, 6) is 5.77. The molecular weight excluding hydrogens is 332 g/mol. The zero-order chi connectivity index (χ0) is 15.4. The summed E-state index contributed by atoms with van der Waals surface area (Å²) in [4.78, 5) is 18.3. The van der Waals surface area contributed by atoms with Crippen molar-refractivity contribution in [2.75, 3.05) is 12.5 Å². The highest BCUT2D eigenvalue weighted by Crippen LogP contribution is 2.15. The molecule has 21 heavy (non-hydrogen) atoms. The fourth-order valence-corrected chi connectivity index (χ4v) is 2.29. The maximum absolute atomic E-state index is 12.5. The highest BCUT2D eigenvalue weighted by Gasteiger charge is 2.13. The van der Waals surface area contributed by atoms with E-state index in [0.717, 1.165) is 15.7 Å². The second-order valence-electron chi connectivity index (χ2n) is 4.81. The van der Waals surface area contributed by atoms with Gasteiger partial charge in [0.15, 0.2) is 0 Å². The van der Waals surface area contributed by atoms with Gasteiger partial charge in [-0.15, -0.1) is 0 Å². The molecule has 0 saturated carbocycles. The molecule has 3 N–H and O–H groups in total. The van der Waals surface area contributed by atoms with Gasteiger partial charge in [-0.1, -0.05) is 28.1 Å². The largest absolute Gasteiger partial charge is 0.337 e. The Morgan fingerprint density at radius 1 is 1.33 bits per heavy atom. The summed E-state index contributed by atoms with van der Waals surface area (Å²) in [7, 11) is 1.77. The van der Waals surface area contributed by atoms with Crippen molar-refractivity contribution in [1.82, 2.24) is 9.88 Å². The van der Waals surface area contributed by atoms with Gasteiger partial charge in [0.1, 0.15) is 5.82 Å². The number of nitrogen functional groups attached to an aromatic ring is 1. The van der Waals surface area contributed by atoms with Crippen molar-refractivity contribution in [2.24, 2.45) is 5.84 Å². The number of aryl methyl sites for hydroxylation is 1. The Balaban J connectivity index is 2.15. The molecule has 1 aromatic heterocycles. The lowest BCUT2D eigenvalue weighted by atomic mass is 10.1. The van der Waals surface area contributed by atoms with Gasteiger partial charge in [-0.2, -0.15) is 0 Å². The molecule has 2 rings (SSSR count). The Kier molecular flexibility index (Phi) is 4.93. The van der Waals surface area contributed by atoms with E-state index in [1.165, 1.54) is 0 Å². The van der Waals surface area contributed by atoms with Crippen LogP contribution in [0.3, 0.4) is 0 Å². The number of pyridine rings is 1. The number of hydrazine groups is 1. The predicted molar refractivity (Wildman–Crippen MR) is 86.7 cm³/mol. The molecule has 0 spiro atoms. The van der Waals surface area contributed by atoms with Crippen LogP contribution in [0.1, 0.15) is 21.6 Å². The van der Waals surface area contributed by atoms with Crippen LogP contribution in [0.25, 0.3) is 0 Å². The molecule has 0 radical (unpaired) electrons. The first-order valence-corrected chi connectivity index (χ1v) is 7.24. The molecule has 1 amide bonds. The maximum atomic E-state index is 12.5. The number of benzene rings is 1. The lowest BCUT2D eigenvalue weighted by Crippen LogP contribution is -2.26. The van der Waals surface area contributed by atoms with Gasteiger partial charge >= 0.3 is 0 Å². The van der Waals surface area contributed by atoms with Crippen molar-refractivity contribution in [3.63, 3.8) is 0 Å². The van der Waals surface area contributed by atoms with Gasteiger partial charge in [-0.05, 0) is 36.8 Å². The number of rotatable bonds is 4. The van der Waals surface area contributed by atoms with Crippen LogP contribution in [0.4, 0.5) is 5.82 Å². The number of nitrogens with zero attached hydrogens (tertiary/aromatic N) is 2. The number of nitrogens with one attached hydrogen (secondary N) is 1. The van der Waals surface area contributed by atoms with Gasteiger partial charge in [-0.25, -0.2) is 10.8 Å². The molecule has 1 aromatic carbocycles. The third kappa shape index (κ3) is 4.03. The van der Waals surface area contributed by atoms with Crippen molar-refractivity contribution in [1.29, 1.82) is 0 Å². The SMILES string of the molecule is Cc1cc(C(=O)N(C)Cc2ccc(Br)cc2)cc(NN)n1. The first-order chi connectivity index (χ1) is 9.99. The van der Waals surface area contributed by atoms with E-state index in [4.69, 9.17) is 5.84 Å². The Morgan fingerprint density at radius 3 is 2.62 bits per heavy atom. The molecule has 0 aliphatic carbocycles. The number of amides is 1. The van der Waals surface area contributed by atoms with E-state index in [-0.39, 0.29) is 5.91 Å². The number of nitrogens with two attached hydrogens (primary N) is 1. The first-order valence-electron chi connectivity index (χ1n) is 6.45. The van der Waals surface area contributed by atoms with E-state index in [2.05, 4.69) is 26.3 Å². The lowest BCUT2D eigenvalue weighted by Gasteiger charge is -2.18. The Hall–Kier alpha value is -1.92. The molecule has 0 aliphatic rings. The average molecular weight is 349 g/mol. The van der Waals surface area contributed by atoms with Crippen molar-refractivity contribution in [3.8, 4) is 0 Å². The van der Waals surface area contributed by atoms with Crippen molar-refractivity contribution in [3.05, 3.63) is 57.7 Å². The second-order valence-corrected chi connectivity index (χ2v) is 5.73. The molecule has 0 unspecified atom stereocenters. The Morgan fingerprint density at radius 2 is 2.00 bits per heavy atom. The topological polar surface area (TPSA) is 71.2 Å². The molecule has 5 nitrogen and oxygen atoms in total. The number of halogens is 1. The molecule has 0 atom stereocenters. The second kappa shape index (κ2) is 6.69. The van der Waals surface area contributed by atoms with E-state index in [0.29, 0.717) is 17.9 Å². The van der Waals surface area contributed by atoms with Crippen LogP contribution in [-0.4, -0.2) is 22.8 Å². The highest BCUT2D eigenvalue weighted by molar-refractivity contribution is 9.10. The zero-order valence-corrected chi connectivity index (χ0v) is 13.5. The van der Waals surface area contributed by atoms with Gasteiger partial charge in [0.25, 0.3) is 5.91 Å². The van der Waals surface area contributed by atoms with Crippen molar-refractivity contribution in [2.45, 2.75) is 13.5 Å². The first kappa shape index (κ1) is 15.5. The van der Waals surface area contributed by atoms with Crippen LogP contribution in [0.2, 0.25) is 0 Å². The van der Waals surface area contributed by atoms with Crippen LogP contribution < -0.4 is 11.3 Å². The fraction of sp³-hybridized carbons (Fsp3) is 0.200. The minimum atomic E-state index is -0.0695. The lowest BCUT2D eigenvalue weighted by molar-refractivity contribution is 0.0785. The summed E-state index contributed by atoms with van der Waals surface area (Å²) >= 11 is 3.39. The molecule has 1 heterocycles. The number of hydrogen-bond acceptors (Lipinski definition) is 4. The summed E-state index contributed by atoms with van der Waals surface area (Å²) in [5, 5.41) is 0. The Bertz CT molecular complexity index is 643. The Labute approximate surface area is 132 Å². The zero-order valence-electron chi connectivity index (χ0n) is 11.9. The third-order valence-electron chi connectivity index (χ3n) is 3.03. The molecule has 0 aliphatic heterocycles. The summed E-state index contributed by atoms with van der Waals surface area (Å²) in [6.07, 6.45) is 0. The number of carbonyl (C=O) groups is 1. The smallest absolute Gasteiger partial charge is 0.254 e. The quantitative estimate of drug-likeness (QED) is 0.658. The molecule has 6 heteroatoms. The monoisotopic (exact) mass is 348 g/mol. The number of hydrogen-bond donors (Lipinski definition) is 2. The van der Waals surface area contributed by atoms with Crippen LogP contribution in [0, 0.1) is 6.92 Å². The minimum absolute atomic E-state index is 0.0695. The summed E-state index contributed by atoms with van der Waals surface area (Å²) < 4.78 is 1.02. The van der Waals surface area contributed by atoms with E-state index in [1.807, 2.05) is 31.2 Å². The predicted octanol–water partition coefficient (Wildman–Crippen LogP) is 2.71. The average Bonchev–Trinajstić information content (AvgIpc) is 2.48. The minimum Gasteiger partial charge on any atom is -0.337 e. The van der Waals surface area contributed by atoms with Gasteiger partial charge in [0.2, 0.25) is 0 Å². The van der Waals surface area contributed by atoms with E-state index in [9.17, 15) is 4.79 Å². The van der Waals surface area contributed by atoms with E-state index < -0.39 is 0 Å². The van der Waals surface area contributed by atoms with Gasteiger partial charge < -0.3 is 10.3 Å². The normalized spacial score (nSPS) is 10.3. The molecule has 110 valence electrons. The summed E-state index contributed by atoms with van der Waals surface area (Å²) in [5.41, 5.74) is 4.84. The van der Waals surface area contributed by atoms with Crippen molar-refractivity contribution >= 4 is 27.7 Å². The highest BCUT2D eigenvalue weighted by atomic mass is 79.9. The number of anilines is 1. The van der Waals surface area contributed by atoms with Gasteiger partial charge in [0.05, 0.1) is 0 Å². The number of aromatic nitrogens is 1. The molecule has 0 fully saturated rings. The fourth-order valence-electron chi connectivity index (χ4n) is 2.02. The van der Waals surface area contributed by atoms with Crippen LogP contribution in [0.15, 0.2) is 40.9 Å². The van der Waals surface area contributed by atoms with Crippen LogP contribution >= 0.6 is 15.9 Å². The number of carbonyl (C=O) groups excluding carboxylic acids is 1. The van der Waals surface area contributed by atoms with Gasteiger partial charge in [-0.3, -0.25) is 4.79 Å². The molecule has 0 saturated heterocycles. The van der Waals surface area contributed by atoms with Crippen LogP contribution in [0.5, 0.6) is 0 Å². The maximum Gasteiger partial charge on any atom is 0.254 e. The molecule has 0 bridgehead atoms. The van der Waals surface area contributed by atoms with Gasteiger partial charge in [0, 0.05) is 29.3 Å². The molecular formula is C15H17BrN4O. The summed E-state index contributed by atoms with van der Waals surface area (Å²) in [6.45, 7) is 2.37. The standard InChI is InChI=1S/C15H17BrN4O/c1-10-7-12(8-14(18-10)19-17)15(21)20(2)9-11-3-5-13(16)6-4-11/h3-8H,9,17H2,1-2H3,(H,18,19).